The highest BCUT2D eigenvalue weighted by molar-refractivity contribution is 5.89. The summed E-state index contributed by atoms with van der Waals surface area (Å²) in [6, 6.07) is 7.94. The van der Waals surface area contributed by atoms with Crippen LogP contribution in [-0.2, 0) is 6.54 Å². The second-order valence-corrected chi connectivity index (χ2v) is 6.38. The largest absolute Gasteiger partial charge is 0.356 e. The van der Waals surface area contributed by atoms with Crippen molar-refractivity contribution in [2.24, 2.45) is 4.99 Å². The van der Waals surface area contributed by atoms with Gasteiger partial charge < -0.3 is 20.9 Å². The number of anilines is 1. The van der Waals surface area contributed by atoms with Gasteiger partial charge in [-0.2, -0.15) is 0 Å². The summed E-state index contributed by atoms with van der Waals surface area (Å²) in [5, 5.41) is 9.62. The van der Waals surface area contributed by atoms with Crippen LogP contribution in [0.15, 0.2) is 29.3 Å². The molecule has 138 valence electrons. The Morgan fingerprint density at radius 1 is 1.20 bits per heavy atom. The van der Waals surface area contributed by atoms with E-state index in [1.165, 1.54) is 12.8 Å². The van der Waals surface area contributed by atoms with Gasteiger partial charge in [0.05, 0.1) is 0 Å². The second-order valence-electron chi connectivity index (χ2n) is 6.38. The zero-order chi connectivity index (χ0) is 17.9. The third-order valence-electron chi connectivity index (χ3n) is 4.33. The molecule has 0 atom stereocenters. The van der Waals surface area contributed by atoms with Gasteiger partial charge in [0.2, 0.25) is 0 Å². The lowest BCUT2D eigenvalue weighted by Gasteiger charge is -2.17. The van der Waals surface area contributed by atoms with Gasteiger partial charge in [-0.3, -0.25) is 4.99 Å². The molecule has 2 rings (SSSR count). The first kappa shape index (κ1) is 19.1. The fraction of sp³-hybridized carbons (Fsp3) is 0.579. The molecule has 0 spiro atoms. The third kappa shape index (κ3) is 6.64. The summed E-state index contributed by atoms with van der Waals surface area (Å²) in [6.07, 6.45) is 5.78. The molecular formula is C19H31N5O. The number of unbranched alkanes of at least 4 members (excludes halogenated alkanes) is 2. The standard InChI is InChI=1S/C19H31N5O/c1-3-4-5-11-21-18(20-2)22-15-16-9-8-10-17(14-16)23-19(25)24-12-6-7-13-24/h8-10,14H,3-7,11-13,15H2,1-2H3,(H,23,25)(H2,20,21,22). The second kappa shape index (κ2) is 10.6. The molecule has 0 saturated carbocycles. The molecule has 0 unspecified atom stereocenters. The van der Waals surface area contributed by atoms with E-state index in [4.69, 9.17) is 0 Å². The number of hydrogen-bond donors (Lipinski definition) is 3. The van der Waals surface area contributed by atoms with Crippen LogP contribution in [0.25, 0.3) is 0 Å². The molecule has 1 aromatic rings. The van der Waals surface area contributed by atoms with Crippen molar-refractivity contribution in [3.8, 4) is 0 Å². The predicted molar refractivity (Wildman–Crippen MR) is 104 cm³/mol. The summed E-state index contributed by atoms with van der Waals surface area (Å²) in [4.78, 5) is 18.3. The topological polar surface area (TPSA) is 68.8 Å². The molecule has 0 aromatic heterocycles. The van der Waals surface area contributed by atoms with Gasteiger partial charge in [0.15, 0.2) is 5.96 Å². The van der Waals surface area contributed by atoms with E-state index < -0.39 is 0 Å². The minimum atomic E-state index is -0.00369. The Labute approximate surface area is 151 Å². The van der Waals surface area contributed by atoms with Crippen LogP contribution in [0.4, 0.5) is 10.5 Å². The molecule has 0 radical (unpaired) electrons. The van der Waals surface area contributed by atoms with Crippen LogP contribution in [0.3, 0.4) is 0 Å². The number of aliphatic imine (C=N–C) groups is 1. The normalized spacial score (nSPS) is 14.5. The third-order valence-corrected chi connectivity index (χ3v) is 4.33. The first-order chi connectivity index (χ1) is 12.2. The maximum absolute atomic E-state index is 12.2. The Kier molecular flexibility index (Phi) is 8.09. The Hall–Kier alpha value is -2.24. The summed E-state index contributed by atoms with van der Waals surface area (Å²) in [5.74, 6) is 0.808. The van der Waals surface area contributed by atoms with Gasteiger partial charge in [0, 0.05) is 38.9 Å². The van der Waals surface area contributed by atoms with Crippen molar-refractivity contribution in [3.05, 3.63) is 29.8 Å². The summed E-state index contributed by atoms with van der Waals surface area (Å²) in [7, 11) is 1.78. The van der Waals surface area contributed by atoms with E-state index in [0.29, 0.717) is 6.54 Å². The van der Waals surface area contributed by atoms with Crippen LogP contribution in [-0.4, -0.2) is 43.6 Å². The van der Waals surface area contributed by atoms with Gasteiger partial charge in [0.25, 0.3) is 0 Å². The average molecular weight is 345 g/mol. The zero-order valence-corrected chi connectivity index (χ0v) is 15.5. The number of guanidine groups is 1. The van der Waals surface area contributed by atoms with Crippen molar-refractivity contribution in [2.45, 2.75) is 45.6 Å². The lowest BCUT2D eigenvalue weighted by atomic mass is 10.2. The monoisotopic (exact) mass is 345 g/mol. The number of nitrogens with zero attached hydrogens (tertiary/aromatic N) is 2. The van der Waals surface area contributed by atoms with E-state index in [0.717, 1.165) is 56.1 Å². The smallest absolute Gasteiger partial charge is 0.321 e. The molecule has 1 aliphatic heterocycles. The molecule has 2 amide bonds. The number of likely N-dealkylation sites (tertiary alicyclic amines) is 1. The van der Waals surface area contributed by atoms with E-state index in [1.54, 1.807) is 7.05 Å². The molecule has 25 heavy (non-hydrogen) atoms. The summed E-state index contributed by atoms with van der Waals surface area (Å²) < 4.78 is 0. The first-order valence-corrected chi connectivity index (χ1v) is 9.32. The Morgan fingerprint density at radius 3 is 2.72 bits per heavy atom. The van der Waals surface area contributed by atoms with Crippen molar-refractivity contribution >= 4 is 17.7 Å². The van der Waals surface area contributed by atoms with Crippen LogP contribution in [0.5, 0.6) is 0 Å². The zero-order valence-electron chi connectivity index (χ0n) is 15.5. The SMILES string of the molecule is CCCCCNC(=NC)NCc1cccc(NC(=O)N2CCCC2)c1. The lowest BCUT2D eigenvalue weighted by Crippen LogP contribution is -2.37. The molecule has 1 fully saturated rings. The molecule has 3 N–H and O–H groups in total. The summed E-state index contributed by atoms with van der Waals surface area (Å²) in [5.41, 5.74) is 1.94. The molecule has 1 saturated heterocycles. The van der Waals surface area contributed by atoms with E-state index in [2.05, 4.69) is 27.9 Å². The quantitative estimate of drug-likeness (QED) is 0.404. The Morgan fingerprint density at radius 2 is 2.00 bits per heavy atom. The van der Waals surface area contributed by atoms with E-state index in [9.17, 15) is 4.79 Å². The number of benzene rings is 1. The molecule has 0 aliphatic carbocycles. The van der Waals surface area contributed by atoms with E-state index in [1.807, 2.05) is 29.2 Å². The van der Waals surface area contributed by atoms with E-state index in [-0.39, 0.29) is 6.03 Å². The fourth-order valence-corrected chi connectivity index (χ4v) is 2.87. The van der Waals surface area contributed by atoms with Gasteiger partial charge in [-0.1, -0.05) is 31.9 Å². The van der Waals surface area contributed by atoms with Crippen molar-refractivity contribution in [3.63, 3.8) is 0 Å². The predicted octanol–water partition coefficient (Wildman–Crippen LogP) is 3.17. The van der Waals surface area contributed by atoms with Crippen LogP contribution in [0, 0.1) is 0 Å². The van der Waals surface area contributed by atoms with Crippen LogP contribution >= 0.6 is 0 Å². The number of carbonyl (C=O) groups is 1. The Balaban J connectivity index is 1.80. The van der Waals surface area contributed by atoms with Crippen LogP contribution in [0.2, 0.25) is 0 Å². The summed E-state index contributed by atoms with van der Waals surface area (Å²) >= 11 is 0. The van der Waals surface area contributed by atoms with Gasteiger partial charge >= 0.3 is 6.03 Å². The molecule has 6 heteroatoms. The molecule has 1 heterocycles. The fourth-order valence-electron chi connectivity index (χ4n) is 2.87. The maximum Gasteiger partial charge on any atom is 0.321 e. The minimum Gasteiger partial charge on any atom is -0.356 e. The molecular weight excluding hydrogens is 314 g/mol. The van der Waals surface area contributed by atoms with Crippen molar-refractivity contribution < 1.29 is 4.79 Å². The van der Waals surface area contributed by atoms with Crippen molar-refractivity contribution in [1.82, 2.24) is 15.5 Å². The highest BCUT2D eigenvalue weighted by Crippen LogP contribution is 2.14. The lowest BCUT2D eigenvalue weighted by molar-refractivity contribution is 0.222. The maximum atomic E-state index is 12.2. The molecule has 1 aliphatic rings. The van der Waals surface area contributed by atoms with Gasteiger partial charge in [-0.15, -0.1) is 0 Å². The van der Waals surface area contributed by atoms with Crippen LogP contribution in [0.1, 0.15) is 44.6 Å². The highest BCUT2D eigenvalue weighted by Gasteiger charge is 2.17. The number of nitrogens with one attached hydrogen (secondary N) is 3. The first-order valence-electron chi connectivity index (χ1n) is 9.32. The molecule has 0 bridgehead atoms. The van der Waals surface area contributed by atoms with Gasteiger partial charge in [-0.25, -0.2) is 4.79 Å². The molecule has 6 nitrogen and oxygen atoms in total. The highest BCUT2D eigenvalue weighted by atomic mass is 16.2. The number of amides is 2. The van der Waals surface area contributed by atoms with Gasteiger partial charge in [-0.05, 0) is 37.0 Å². The molecule has 1 aromatic carbocycles. The van der Waals surface area contributed by atoms with Gasteiger partial charge in [0.1, 0.15) is 0 Å². The Bertz CT molecular complexity index is 567. The van der Waals surface area contributed by atoms with Crippen molar-refractivity contribution in [1.29, 1.82) is 0 Å². The minimum absolute atomic E-state index is 0.00369. The van der Waals surface area contributed by atoms with Crippen LogP contribution < -0.4 is 16.0 Å². The van der Waals surface area contributed by atoms with Crippen molar-refractivity contribution in [2.75, 3.05) is 32.0 Å². The number of hydrogen-bond acceptors (Lipinski definition) is 2. The van der Waals surface area contributed by atoms with E-state index >= 15 is 0 Å². The average Bonchev–Trinajstić information content (AvgIpc) is 3.16. The summed E-state index contributed by atoms with van der Waals surface area (Å²) in [6.45, 7) is 5.50. The number of rotatable bonds is 7. The number of urea groups is 1. The number of carbonyl (C=O) groups excluding carboxylic acids is 1.